The molecule has 0 amide bonds. The summed E-state index contributed by atoms with van der Waals surface area (Å²) in [6.07, 6.45) is 3.69. The number of methoxy groups -OCH3 is 1. The zero-order valence-electron chi connectivity index (χ0n) is 10.2. The van der Waals surface area contributed by atoms with Crippen molar-refractivity contribution < 1.29 is 9.47 Å². The van der Waals surface area contributed by atoms with Crippen LogP contribution in [0, 0.1) is 5.92 Å². The first-order valence-electron chi connectivity index (χ1n) is 6.38. The van der Waals surface area contributed by atoms with E-state index in [0.717, 1.165) is 31.3 Å². The van der Waals surface area contributed by atoms with Crippen LogP contribution in [0.4, 0.5) is 5.69 Å². The van der Waals surface area contributed by atoms with E-state index in [2.05, 4.69) is 23.5 Å². The number of ether oxygens (including phenoxy) is 2. The standard InChI is InChI=1S/C14H19NO2/c1-16-9-13(10-2-3-10)15-12-4-5-14-11(8-12)6-7-17-14/h4-5,8,10,13,15H,2-3,6-7,9H2,1H3. The molecule has 1 unspecified atom stereocenters. The summed E-state index contributed by atoms with van der Waals surface area (Å²) in [4.78, 5) is 0. The molecule has 0 bridgehead atoms. The number of hydrogen-bond acceptors (Lipinski definition) is 3. The molecular formula is C14H19NO2. The van der Waals surface area contributed by atoms with Gasteiger partial charge in [0.15, 0.2) is 0 Å². The molecule has 0 radical (unpaired) electrons. The summed E-state index contributed by atoms with van der Waals surface area (Å²) in [5.41, 5.74) is 2.52. The molecular weight excluding hydrogens is 214 g/mol. The van der Waals surface area contributed by atoms with Crippen molar-refractivity contribution in [2.75, 3.05) is 25.6 Å². The van der Waals surface area contributed by atoms with Gasteiger partial charge in [-0.2, -0.15) is 0 Å². The van der Waals surface area contributed by atoms with Crippen molar-refractivity contribution in [1.29, 1.82) is 0 Å². The molecule has 1 saturated carbocycles. The van der Waals surface area contributed by atoms with Gasteiger partial charge < -0.3 is 14.8 Å². The molecule has 1 aromatic carbocycles. The second kappa shape index (κ2) is 4.57. The summed E-state index contributed by atoms with van der Waals surface area (Å²) in [5, 5.41) is 3.59. The second-order valence-corrected chi connectivity index (χ2v) is 4.96. The first-order valence-corrected chi connectivity index (χ1v) is 6.38. The summed E-state index contributed by atoms with van der Waals surface area (Å²) in [7, 11) is 1.77. The lowest BCUT2D eigenvalue weighted by Gasteiger charge is -2.19. The van der Waals surface area contributed by atoms with Crippen molar-refractivity contribution in [2.24, 2.45) is 5.92 Å². The van der Waals surface area contributed by atoms with E-state index in [-0.39, 0.29) is 0 Å². The first kappa shape index (κ1) is 10.9. The Labute approximate surface area is 102 Å². The van der Waals surface area contributed by atoms with Gasteiger partial charge in [-0.3, -0.25) is 0 Å². The van der Waals surface area contributed by atoms with E-state index in [4.69, 9.17) is 9.47 Å². The van der Waals surface area contributed by atoms with Gasteiger partial charge in [-0.25, -0.2) is 0 Å². The first-order chi connectivity index (χ1) is 8.36. The van der Waals surface area contributed by atoms with Gasteiger partial charge in [-0.15, -0.1) is 0 Å². The average molecular weight is 233 g/mol. The number of anilines is 1. The highest BCUT2D eigenvalue weighted by Crippen LogP contribution is 2.35. The fourth-order valence-corrected chi connectivity index (χ4v) is 2.46. The zero-order chi connectivity index (χ0) is 11.7. The van der Waals surface area contributed by atoms with Crippen molar-refractivity contribution in [3.63, 3.8) is 0 Å². The van der Waals surface area contributed by atoms with Crippen LogP contribution in [0.2, 0.25) is 0 Å². The lowest BCUT2D eigenvalue weighted by Crippen LogP contribution is -2.27. The lowest BCUT2D eigenvalue weighted by atomic mass is 10.1. The van der Waals surface area contributed by atoms with Gasteiger partial charge in [0.1, 0.15) is 5.75 Å². The van der Waals surface area contributed by atoms with Gasteiger partial charge in [0.25, 0.3) is 0 Å². The lowest BCUT2D eigenvalue weighted by molar-refractivity contribution is 0.179. The molecule has 17 heavy (non-hydrogen) atoms. The maximum Gasteiger partial charge on any atom is 0.122 e. The Morgan fingerprint density at radius 1 is 1.47 bits per heavy atom. The van der Waals surface area contributed by atoms with Gasteiger partial charge in [0, 0.05) is 19.2 Å². The molecule has 1 aromatic rings. The Morgan fingerprint density at radius 2 is 2.35 bits per heavy atom. The Hall–Kier alpha value is -1.22. The number of hydrogen-bond donors (Lipinski definition) is 1. The third-order valence-corrected chi connectivity index (χ3v) is 3.58. The van der Waals surface area contributed by atoms with Crippen LogP contribution in [0.1, 0.15) is 18.4 Å². The summed E-state index contributed by atoms with van der Waals surface area (Å²) in [5.74, 6) is 1.84. The number of nitrogens with one attached hydrogen (secondary N) is 1. The fourth-order valence-electron chi connectivity index (χ4n) is 2.46. The van der Waals surface area contributed by atoms with Gasteiger partial charge in [-0.05, 0) is 42.5 Å². The van der Waals surface area contributed by atoms with E-state index >= 15 is 0 Å². The minimum absolute atomic E-state index is 0.459. The van der Waals surface area contributed by atoms with Gasteiger partial charge in [-0.1, -0.05) is 0 Å². The van der Waals surface area contributed by atoms with E-state index in [1.807, 2.05) is 0 Å². The van der Waals surface area contributed by atoms with Crippen molar-refractivity contribution in [2.45, 2.75) is 25.3 Å². The fraction of sp³-hybridized carbons (Fsp3) is 0.571. The molecule has 3 heteroatoms. The summed E-state index contributed by atoms with van der Waals surface area (Å²) >= 11 is 0. The maximum atomic E-state index is 5.51. The van der Waals surface area contributed by atoms with Gasteiger partial charge in [0.05, 0.1) is 19.3 Å². The molecule has 1 aliphatic heterocycles. The Bertz CT molecular complexity index is 401. The normalized spacial score (nSPS) is 19.6. The van der Waals surface area contributed by atoms with Crippen LogP contribution < -0.4 is 10.1 Å². The predicted molar refractivity (Wildman–Crippen MR) is 67.7 cm³/mol. The van der Waals surface area contributed by atoms with Crippen LogP contribution in [0.3, 0.4) is 0 Å². The summed E-state index contributed by atoms with van der Waals surface area (Å²) in [6, 6.07) is 6.85. The molecule has 3 nitrogen and oxygen atoms in total. The minimum atomic E-state index is 0.459. The summed E-state index contributed by atoms with van der Waals surface area (Å²) < 4.78 is 10.8. The highest BCUT2D eigenvalue weighted by Gasteiger charge is 2.31. The minimum Gasteiger partial charge on any atom is -0.493 e. The molecule has 3 rings (SSSR count). The van der Waals surface area contributed by atoms with E-state index in [9.17, 15) is 0 Å². The third-order valence-electron chi connectivity index (χ3n) is 3.58. The van der Waals surface area contributed by atoms with Crippen molar-refractivity contribution >= 4 is 5.69 Å². The van der Waals surface area contributed by atoms with E-state index < -0.39 is 0 Å². The maximum absolute atomic E-state index is 5.51. The molecule has 1 aliphatic carbocycles. The monoisotopic (exact) mass is 233 g/mol. The van der Waals surface area contributed by atoms with Crippen LogP contribution in [-0.2, 0) is 11.2 Å². The van der Waals surface area contributed by atoms with Crippen molar-refractivity contribution in [3.05, 3.63) is 23.8 Å². The van der Waals surface area contributed by atoms with Crippen molar-refractivity contribution in [1.82, 2.24) is 0 Å². The average Bonchev–Trinajstić information content (AvgIpc) is 3.07. The Balaban J connectivity index is 1.70. The zero-order valence-corrected chi connectivity index (χ0v) is 10.2. The molecule has 1 fully saturated rings. The Kier molecular flexibility index (Phi) is 2.93. The van der Waals surface area contributed by atoms with Crippen LogP contribution >= 0.6 is 0 Å². The highest BCUT2D eigenvalue weighted by molar-refractivity contribution is 5.53. The molecule has 0 spiro atoms. The molecule has 1 N–H and O–H groups in total. The third kappa shape index (κ3) is 2.39. The van der Waals surface area contributed by atoms with E-state index in [1.54, 1.807) is 7.11 Å². The molecule has 0 aromatic heterocycles. The molecule has 2 aliphatic rings. The quantitative estimate of drug-likeness (QED) is 0.847. The highest BCUT2D eigenvalue weighted by atomic mass is 16.5. The van der Waals surface area contributed by atoms with Gasteiger partial charge in [0.2, 0.25) is 0 Å². The topological polar surface area (TPSA) is 30.5 Å². The predicted octanol–water partition coefficient (Wildman–Crippen LogP) is 2.46. The van der Waals surface area contributed by atoms with E-state index in [0.29, 0.717) is 6.04 Å². The van der Waals surface area contributed by atoms with Gasteiger partial charge >= 0.3 is 0 Å². The smallest absolute Gasteiger partial charge is 0.122 e. The van der Waals surface area contributed by atoms with Crippen LogP contribution in [0.25, 0.3) is 0 Å². The number of rotatable bonds is 5. The molecule has 1 atom stereocenters. The van der Waals surface area contributed by atoms with Crippen LogP contribution in [0.15, 0.2) is 18.2 Å². The number of benzene rings is 1. The van der Waals surface area contributed by atoms with Crippen molar-refractivity contribution in [3.8, 4) is 5.75 Å². The molecule has 1 heterocycles. The number of fused-ring (bicyclic) bond motifs is 1. The second-order valence-electron chi connectivity index (χ2n) is 4.96. The summed E-state index contributed by atoms with van der Waals surface area (Å²) in [6.45, 7) is 1.61. The SMILES string of the molecule is COCC(Nc1ccc2c(c1)CCO2)C1CC1. The van der Waals surface area contributed by atoms with E-state index in [1.165, 1.54) is 24.1 Å². The molecule has 92 valence electrons. The Morgan fingerprint density at radius 3 is 3.12 bits per heavy atom. The van der Waals surface area contributed by atoms with Crippen LogP contribution in [-0.4, -0.2) is 26.4 Å². The largest absolute Gasteiger partial charge is 0.493 e. The molecule has 0 saturated heterocycles. The van der Waals surface area contributed by atoms with Crippen LogP contribution in [0.5, 0.6) is 5.75 Å².